The molecule has 0 saturated carbocycles. The summed E-state index contributed by atoms with van der Waals surface area (Å²) in [6, 6.07) is 17.9. The largest absolute Gasteiger partial charge is 0.489 e. The average molecular weight is 409 g/mol. The van der Waals surface area contributed by atoms with Crippen molar-refractivity contribution < 1.29 is 23.1 Å². The van der Waals surface area contributed by atoms with Crippen molar-refractivity contribution in [2.24, 2.45) is 5.10 Å². The smallest absolute Gasteiger partial charge is 0.329 e. The maximum absolute atomic E-state index is 12.9. The molecule has 0 heterocycles. The summed E-state index contributed by atoms with van der Waals surface area (Å²) >= 11 is 0. The molecule has 152 valence electrons. The Labute approximate surface area is 171 Å². The Bertz CT molecular complexity index is 1030. The van der Waals surface area contributed by atoms with E-state index in [1.165, 1.54) is 42.6 Å². The fourth-order valence-corrected chi connectivity index (χ4v) is 2.33. The van der Waals surface area contributed by atoms with E-state index in [1.807, 2.05) is 0 Å². The molecule has 0 aliphatic rings. The summed E-state index contributed by atoms with van der Waals surface area (Å²) in [6.07, 6.45) is 1.37. The van der Waals surface area contributed by atoms with Gasteiger partial charge in [0.1, 0.15) is 24.0 Å². The van der Waals surface area contributed by atoms with Crippen LogP contribution < -0.4 is 15.5 Å². The molecule has 6 nitrogen and oxygen atoms in total. The maximum atomic E-state index is 12.9. The van der Waals surface area contributed by atoms with Gasteiger partial charge in [0.05, 0.1) is 6.21 Å². The van der Waals surface area contributed by atoms with Crippen LogP contribution in [0, 0.1) is 11.6 Å². The van der Waals surface area contributed by atoms with Gasteiger partial charge >= 0.3 is 11.8 Å². The summed E-state index contributed by atoms with van der Waals surface area (Å²) in [5.41, 5.74) is 3.91. The molecule has 0 spiro atoms. The Kier molecular flexibility index (Phi) is 6.83. The van der Waals surface area contributed by atoms with Gasteiger partial charge in [-0.1, -0.05) is 12.1 Å². The lowest BCUT2D eigenvalue weighted by Crippen LogP contribution is -2.32. The van der Waals surface area contributed by atoms with Gasteiger partial charge in [-0.2, -0.15) is 5.10 Å². The second-order valence-electron chi connectivity index (χ2n) is 6.14. The molecule has 2 amide bonds. The van der Waals surface area contributed by atoms with Crippen LogP contribution >= 0.6 is 0 Å². The summed E-state index contributed by atoms with van der Waals surface area (Å²) in [4.78, 5) is 23.5. The van der Waals surface area contributed by atoms with E-state index in [0.29, 0.717) is 17.9 Å². The van der Waals surface area contributed by atoms with E-state index >= 15 is 0 Å². The number of ether oxygens (including phenoxy) is 1. The van der Waals surface area contributed by atoms with E-state index in [0.717, 1.165) is 5.56 Å². The highest BCUT2D eigenvalue weighted by molar-refractivity contribution is 6.39. The van der Waals surface area contributed by atoms with Crippen LogP contribution in [-0.2, 0) is 16.2 Å². The zero-order valence-corrected chi connectivity index (χ0v) is 15.6. The number of hydrazone groups is 1. The Balaban J connectivity index is 1.46. The van der Waals surface area contributed by atoms with E-state index in [1.54, 1.807) is 36.4 Å². The third-order valence-corrected chi connectivity index (χ3v) is 3.89. The molecule has 3 aromatic rings. The number of anilines is 1. The van der Waals surface area contributed by atoms with Gasteiger partial charge in [0.15, 0.2) is 0 Å². The summed E-state index contributed by atoms with van der Waals surface area (Å²) in [5, 5.41) is 6.05. The van der Waals surface area contributed by atoms with Gasteiger partial charge in [-0.25, -0.2) is 14.2 Å². The van der Waals surface area contributed by atoms with Crippen LogP contribution in [0.2, 0.25) is 0 Å². The Hall–Kier alpha value is -4.07. The molecular formula is C22H17F2N3O3. The van der Waals surface area contributed by atoms with Crippen LogP contribution in [-0.4, -0.2) is 18.0 Å². The lowest BCUT2D eigenvalue weighted by molar-refractivity contribution is -0.136. The maximum Gasteiger partial charge on any atom is 0.329 e. The highest BCUT2D eigenvalue weighted by Crippen LogP contribution is 2.14. The van der Waals surface area contributed by atoms with Crippen LogP contribution in [0.25, 0.3) is 0 Å². The SMILES string of the molecule is O=C(N/N=C\c1ccc(OCc2ccc(F)cc2)cc1)C(=O)Nc1ccc(F)cc1. The molecule has 2 N–H and O–H groups in total. The Morgan fingerprint density at radius 2 is 1.43 bits per heavy atom. The highest BCUT2D eigenvalue weighted by atomic mass is 19.1. The normalized spacial score (nSPS) is 10.6. The number of amides is 2. The summed E-state index contributed by atoms with van der Waals surface area (Å²) in [5.74, 6) is -2.03. The van der Waals surface area contributed by atoms with Crippen LogP contribution in [0.4, 0.5) is 14.5 Å². The van der Waals surface area contributed by atoms with Gasteiger partial charge in [0.25, 0.3) is 0 Å². The minimum absolute atomic E-state index is 0.289. The van der Waals surface area contributed by atoms with E-state index in [4.69, 9.17) is 4.74 Å². The van der Waals surface area contributed by atoms with Crippen LogP contribution in [0.1, 0.15) is 11.1 Å². The zero-order valence-electron chi connectivity index (χ0n) is 15.6. The number of carbonyl (C=O) groups excluding carboxylic acids is 2. The van der Waals surface area contributed by atoms with Crippen molar-refractivity contribution in [1.29, 1.82) is 0 Å². The van der Waals surface area contributed by atoms with Crippen molar-refractivity contribution in [1.82, 2.24) is 5.43 Å². The monoisotopic (exact) mass is 409 g/mol. The number of rotatable bonds is 6. The average Bonchev–Trinajstić information content (AvgIpc) is 2.76. The van der Waals surface area contributed by atoms with Gasteiger partial charge in [0.2, 0.25) is 0 Å². The molecule has 0 aliphatic carbocycles. The molecule has 0 radical (unpaired) electrons. The predicted octanol–water partition coefficient (Wildman–Crippen LogP) is 3.63. The second kappa shape index (κ2) is 9.92. The standard InChI is InChI=1S/C22H17F2N3O3/c23-17-5-1-16(2-6-17)14-30-20-11-3-15(4-12-20)13-25-27-22(29)21(28)26-19-9-7-18(24)8-10-19/h1-13H,14H2,(H,26,28)(H,27,29)/b25-13-. The summed E-state index contributed by atoms with van der Waals surface area (Å²) in [7, 11) is 0. The Morgan fingerprint density at radius 1 is 0.833 bits per heavy atom. The van der Waals surface area contributed by atoms with Crippen molar-refractivity contribution in [3.05, 3.63) is 95.6 Å². The lowest BCUT2D eigenvalue weighted by Gasteiger charge is -2.06. The number of hydrogen-bond acceptors (Lipinski definition) is 4. The highest BCUT2D eigenvalue weighted by Gasteiger charge is 2.12. The summed E-state index contributed by atoms with van der Waals surface area (Å²) < 4.78 is 31.3. The fraction of sp³-hybridized carbons (Fsp3) is 0.0455. The van der Waals surface area contributed by atoms with E-state index < -0.39 is 17.6 Å². The second-order valence-corrected chi connectivity index (χ2v) is 6.14. The molecule has 0 atom stereocenters. The topological polar surface area (TPSA) is 79.8 Å². The third-order valence-electron chi connectivity index (χ3n) is 3.89. The molecular weight excluding hydrogens is 392 g/mol. The Morgan fingerprint density at radius 3 is 2.07 bits per heavy atom. The number of halogens is 2. The molecule has 0 aliphatic heterocycles. The van der Waals surface area contributed by atoms with Crippen LogP contribution in [0.15, 0.2) is 77.9 Å². The third kappa shape index (κ3) is 6.23. The molecule has 0 saturated heterocycles. The molecule has 0 unspecified atom stereocenters. The predicted molar refractivity (Wildman–Crippen MR) is 108 cm³/mol. The van der Waals surface area contributed by atoms with Crippen LogP contribution in [0.5, 0.6) is 5.75 Å². The van der Waals surface area contributed by atoms with Crippen molar-refractivity contribution >= 4 is 23.7 Å². The minimum Gasteiger partial charge on any atom is -0.489 e. The van der Waals surface area contributed by atoms with Crippen molar-refractivity contribution in [3.8, 4) is 5.75 Å². The van der Waals surface area contributed by atoms with Crippen molar-refractivity contribution in [2.45, 2.75) is 6.61 Å². The van der Waals surface area contributed by atoms with E-state index in [9.17, 15) is 18.4 Å². The molecule has 3 aromatic carbocycles. The number of hydrogen-bond donors (Lipinski definition) is 2. The lowest BCUT2D eigenvalue weighted by atomic mass is 10.2. The number of carbonyl (C=O) groups is 2. The molecule has 30 heavy (non-hydrogen) atoms. The van der Waals surface area contributed by atoms with Gasteiger partial charge in [-0.3, -0.25) is 9.59 Å². The quantitative estimate of drug-likeness (QED) is 0.371. The van der Waals surface area contributed by atoms with Crippen molar-refractivity contribution in [3.63, 3.8) is 0 Å². The molecule has 8 heteroatoms. The molecule has 0 fully saturated rings. The number of benzene rings is 3. The minimum atomic E-state index is -0.963. The van der Waals surface area contributed by atoms with Gasteiger partial charge in [0, 0.05) is 5.69 Å². The first kappa shape index (κ1) is 20.7. The fourth-order valence-electron chi connectivity index (χ4n) is 2.33. The summed E-state index contributed by atoms with van der Waals surface area (Å²) in [6.45, 7) is 0.299. The first-order chi connectivity index (χ1) is 14.5. The van der Waals surface area contributed by atoms with Gasteiger partial charge < -0.3 is 10.1 Å². The molecule has 3 rings (SSSR count). The molecule has 0 aromatic heterocycles. The number of nitrogens with one attached hydrogen (secondary N) is 2. The van der Waals surface area contributed by atoms with Gasteiger partial charge in [-0.15, -0.1) is 0 Å². The first-order valence-corrected chi connectivity index (χ1v) is 8.87. The zero-order chi connectivity index (χ0) is 21.3. The van der Waals surface area contributed by atoms with Crippen molar-refractivity contribution in [2.75, 3.05) is 5.32 Å². The van der Waals surface area contributed by atoms with Crippen LogP contribution in [0.3, 0.4) is 0 Å². The first-order valence-electron chi connectivity index (χ1n) is 8.87. The number of nitrogens with zero attached hydrogens (tertiary/aromatic N) is 1. The van der Waals surface area contributed by atoms with E-state index in [-0.39, 0.29) is 11.5 Å². The van der Waals surface area contributed by atoms with E-state index in [2.05, 4.69) is 15.8 Å². The van der Waals surface area contributed by atoms with Gasteiger partial charge in [-0.05, 0) is 71.8 Å². The molecule has 0 bridgehead atoms.